The number of rotatable bonds is 2. The lowest BCUT2D eigenvalue weighted by molar-refractivity contribution is 0.0115. The third kappa shape index (κ3) is 1.64. The van der Waals surface area contributed by atoms with Crippen molar-refractivity contribution in [2.75, 3.05) is 13.2 Å². The molecule has 0 atom stereocenters. The Bertz CT molecular complexity index is 614. The highest BCUT2D eigenvalue weighted by atomic mass is 32.2. The summed E-state index contributed by atoms with van der Waals surface area (Å²) in [7, 11) is -3.68. The Morgan fingerprint density at radius 1 is 1.22 bits per heavy atom. The average Bonchev–Trinajstić information content (AvgIpc) is 2.12. The van der Waals surface area contributed by atoms with Gasteiger partial charge < -0.3 is 4.74 Å². The Morgan fingerprint density at radius 3 is 2.06 bits per heavy atom. The number of hydrogen-bond donors (Lipinski definition) is 0. The summed E-state index contributed by atoms with van der Waals surface area (Å²) in [6.07, 6.45) is 0. The first-order chi connectivity index (χ1) is 8.34. The van der Waals surface area contributed by atoms with Gasteiger partial charge in [0.2, 0.25) is 14.6 Å². The molecule has 1 aromatic carbocycles. The molecule has 18 heavy (non-hydrogen) atoms. The molecule has 0 unspecified atom stereocenters. The Hall–Kier alpha value is -1.38. The second-order valence-corrected chi connectivity index (χ2v) is 7.03. The molecular weight excluding hydrogens is 250 g/mol. The van der Waals surface area contributed by atoms with Gasteiger partial charge in [-0.3, -0.25) is 0 Å². The molecule has 0 spiro atoms. The van der Waals surface area contributed by atoms with Crippen LogP contribution in [0.3, 0.4) is 0 Å². The highest BCUT2D eigenvalue weighted by molar-refractivity contribution is 7.93. The third-order valence-electron chi connectivity index (χ3n) is 3.26. The number of ether oxygens (including phenoxy) is 1. The van der Waals surface area contributed by atoms with Crippen LogP contribution in [-0.4, -0.2) is 26.4 Å². The van der Waals surface area contributed by atoms with Crippen LogP contribution in [0.5, 0.6) is 0 Å². The molecule has 1 aliphatic rings. The van der Waals surface area contributed by atoms with Crippen LogP contribution in [0.15, 0.2) is 17.0 Å². The average molecular weight is 265 g/mol. The van der Waals surface area contributed by atoms with E-state index in [9.17, 15) is 8.42 Å². The predicted molar refractivity (Wildman–Crippen MR) is 67.0 cm³/mol. The molecule has 1 aliphatic heterocycles. The van der Waals surface area contributed by atoms with E-state index in [0.717, 1.165) is 5.56 Å². The minimum absolute atomic E-state index is 0.0431. The maximum Gasteiger partial charge on any atom is 0.208 e. The fourth-order valence-electron chi connectivity index (χ4n) is 2.35. The molecule has 5 heteroatoms. The summed E-state index contributed by atoms with van der Waals surface area (Å²) in [5, 5.41) is 9.16. The van der Waals surface area contributed by atoms with Crippen LogP contribution in [-0.2, 0) is 14.6 Å². The van der Waals surface area contributed by atoms with Crippen LogP contribution >= 0.6 is 0 Å². The van der Waals surface area contributed by atoms with Gasteiger partial charge in [-0.15, -0.1) is 0 Å². The van der Waals surface area contributed by atoms with E-state index < -0.39 is 14.6 Å². The lowest BCUT2D eigenvalue weighted by Crippen LogP contribution is -2.54. The maximum absolute atomic E-state index is 12.6. The third-order valence-corrected chi connectivity index (χ3v) is 5.80. The first kappa shape index (κ1) is 13.1. The molecule has 96 valence electrons. The zero-order chi connectivity index (χ0) is 13.6. The molecule has 0 aromatic heterocycles. The topological polar surface area (TPSA) is 67.2 Å². The van der Waals surface area contributed by atoms with E-state index >= 15 is 0 Å². The summed E-state index contributed by atoms with van der Waals surface area (Å²) < 4.78 is 28.8. The van der Waals surface area contributed by atoms with Crippen LogP contribution in [0.25, 0.3) is 0 Å². The van der Waals surface area contributed by atoms with Crippen molar-refractivity contribution < 1.29 is 13.2 Å². The molecule has 0 N–H and O–H groups in total. The Morgan fingerprint density at radius 2 is 1.72 bits per heavy atom. The first-order valence-electron chi connectivity index (χ1n) is 5.65. The maximum atomic E-state index is 12.6. The van der Waals surface area contributed by atoms with Crippen LogP contribution < -0.4 is 0 Å². The van der Waals surface area contributed by atoms with Crippen LogP contribution in [0, 0.1) is 32.1 Å². The van der Waals surface area contributed by atoms with E-state index in [1.54, 1.807) is 13.8 Å². The number of sulfone groups is 1. The van der Waals surface area contributed by atoms with E-state index in [0.29, 0.717) is 11.1 Å². The minimum atomic E-state index is -3.68. The fourth-order valence-corrected chi connectivity index (χ4v) is 4.31. The highest BCUT2D eigenvalue weighted by Gasteiger charge is 2.53. The summed E-state index contributed by atoms with van der Waals surface area (Å²) in [6, 6.07) is 5.56. The van der Waals surface area contributed by atoms with Crippen molar-refractivity contribution in [1.29, 1.82) is 5.26 Å². The Labute approximate surface area is 107 Å². The normalized spacial score (nSPS) is 17.9. The number of aryl methyl sites for hydroxylation is 3. The summed E-state index contributed by atoms with van der Waals surface area (Å²) in [6.45, 7) is 5.36. The smallest absolute Gasteiger partial charge is 0.208 e. The van der Waals surface area contributed by atoms with Gasteiger partial charge in [0.1, 0.15) is 0 Å². The van der Waals surface area contributed by atoms with E-state index in [4.69, 9.17) is 10.00 Å². The van der Waals surface area contributed by atoms with Gasteiger partial charge in [0.05, 0.1) is 24.2 Å². The SMILES string of the molecule is Cc1cc(C)c(S(=O)(=O)C2(C#N)COC2)c(C)c1. The van der Waals surface area contributed by atoms with Gasteiger partial charge >= 0.3 is 0 Å². The molecule has 1 heterocycles. The van der Waals surface area contributed by atoms with Crippen molar-refractivity contribution in [1.82, 2.24) is 0 Å². The van der Waals surface area contributed by atoms with Gasteiger partial charge in [0.25, 0.3) is 0 Å². The molecule has 0 saturated carbocycles. The molecule has 1 aromatic rings. The van der Waals surface area contributed by atoms with E-state index in [-0.39, 0.29) is 18.1 Å². The fraction of sp³-hybridized carbons (Fsp3) is 0.462. The van der Waals surface area contributed by atoms with Gasteiger partial charge in [-0.25, -0.2) is 8.42 Å². The zero-order valence-corrected chi connectivity index (χ0v) is 11.5. The van der Waals surface area contributed by atoms with Crippen molar-refractivity contribution in [2.24, 2.45) is 0 Å². The molecule has 2 rings (SSSR count). The lowest BCUT2D eigenvalue weighted by atomic mass is 10.1. The Balaban J connectivity index is 2.67. The monoisotopic (exact) mass is 265 g/mol. The first-order valence-corrected chi connectivity index (χ1v) is 7.14. The molecule has 0 radical (unpaired) electrons. The molecule has 0 aliphatic carbocycles. The van der Waals surface area contributed by atoms with Gasteiger partial charge in [0, 0.05) is 0 Å². The van der Waals surface area contributed by atoms with E-state index in [2.05, 4.69) is 0 Å². The second kappa shape index (κ2) is 4.08. The largest absolute Gasteiger partial charge is 0.376 e. The van der Waals surface area contributed by atoms with Crippen molar-refractivity contribution in [3.8, 4) is 6.07 Å². The predicted octanol–water partition coefficient (Wildman–Crippen LogP) is 1.68. The summed E-state index contributed by atoms with van der Waals surface area (Å²) >= 11 is 0. The molecule has 4 nitrogen and oxygen atoms in total. The van der Waals surface area contributed by atoms with Crippen molar-refractivity contribution in [2.45, 2.75) is 30.4 Å². The van der Waals surface area contributed by atoms with Gasteiger partial charge in [0.15, 0.2) is 0 Å². The minimum Gasteiger partial charge on any atom is -0.376 e. The number of hydrogen-bond acceptors (Lipinski definition) is 4. The quantitative estimate of drug-likeness (QED) is 0.816. The van der Waals surface area contributed by atoms with Crippen LogP contribution in [0.2, 0.25) is 0 Å². The van der Waals surface area contributed by atoms with Gasteiger partial charge in [-0.1, -0.05) is 17.7 Å². The van der Waals surface area contributed by atoms with Crippen molar-refractivity contribution in [3.63, 3.8) is 0 Å². The van der Waals surface area contributed by atoms with E-state index in [1.165, 1.54) is 0 Å². The molecular formula is C13H15NO3S. The number of nitriles is 1. The summed E-state index contributed by atoms with van der Waals surface area (Å²) in [4.78, 5) is 0.276. The summed E-state index contributed by atoms with van der Waals surface area (Å²) in [5.74, 6) is 0. The van der Waals surface area contributed by atoms with Crippen molar-refractivity contribution in [3.05, 3.63) is 28.8 Å². The number of nitrogens with zero attached hydrogens (tertiary/aromatic N) is 1. The van der Waals surface area contributed by atoms with Crippen LogP contribution in [0.4, 0.5) is 0 Å². The zero-order valence-electron chi connectivity index (χ0n) is 10.6. The number of benzene rings is 1. The molecule has 1 fully saturated rings. The van der Waals surface area contributed by atoms with Crippen molar-refractivity contribution >= 4 is 9.84 Å². The summed E-state index contributed by atoms with van der Waals surface area (Å²) in [5.41, 5.74) is 2.39. The lowest BCUT2D eigenvalue weighted by Gasteiger charge is -2.35. The van der Waals surface area contributed by atoms with Gasteiger partial charge in [-0.05, 0) is 31.9 Å². The standard InChI is InChI=1S/C13H15NO3S/c1-9-4-10(2)12(11(3)5-9)18(15,16)13(6-14)7-17-8-13/h4-5H,7-8H2,1-3H3. The highest BCUT2D eigenvalue weighted by Crippen LogP contribution is 2.35. The van der Waals surface area contributed by atoms with Crippen LogP contribution in [0.1, 0.15) is 16.7 Å². The second-order valence-electron chi connectivity index (χ2n) is 4.83. The molecule has 0 amide bonds. The molecule has 0 bridgehead atoms. The molecule has 1 saturated heterocycles. The Kier molecular flexibility index (Phi) is 2.96. The van der Waals surface area contributed by atoms with Gasteiger partial charge in [-0.2, -0.15) is 5.26 Å². The van der Waals surface area contributed by atoms with E-state index in [1.807, 2.05) is 25.1 Å².